The van der Waals surface area contributed by atoms with Crippen molar-refractivity contribution in [3.63, 3.8) is 0 Å². The van der Waals surface area contributed by atoms with Gasteiger partial charge in [0.05, 0.1) is 12.0 Å². The quantitative estimate of drug-likeness (QED) is 0.709. The van der Waals surface area contributed by atoms with Gasteiger partial charge in [0.25, 0.3) is 0 Å². The number of hydrogen-bond donors (Lipinski definition) is 0. The first kappa shape index (κ1) is 13.9. The molecular formula is C15H27NO2. The van der Waals surface area contributed by atoms with Crippen molar-refractivity contribution >= 4 is 5.97 Å². The Labute approximate surface area is 111 Å². The van der Waals surface area contributed by atoms with E-state index in [1.807, 2.05) is 20.8 Å². The maximum absolute atomic E-state index is 11.8. The summed E-state index contributed by atoms with van der Waals surface area (Å²) in [6.45, 7) is 8.87. The Kier molecular flexibility index (Phi) is 4.31. The summed E-state index contributed by atoms with van der Waals surface area (Å²) in [6.07, 6.45) is 6.44. The van der Waals surface area contributed by atoms with Crippen LogP contribution >= 0.6 is 0 Å². The van der Waals surface area contributed by atoms with Crippen LogP contribution in [0.15, 0.2) is 0 Å². The minimum Gasteiger partial charge on any atom is -0.465 e. The summed E-state index contributed by atoms with van der Waals surface area (Å²) in [4.78, 5) is 14.4. The molecule has 0 aromatic carbocycles. The van der Waals surface area contributed by atoms with Gasteiger partial charge in [-0.3, -0.25) is 9.69 Å². The number of hydrogen-bond acceptors (Lipinski definition) is 3. The molecule has 0 amide bonds. The molecule has 0 bridgehead atoms. The number of esters is 1. The van der Waals surface area contributed by atoms with Crippen molar-refractivity contribution < 1.29 is 9.53 Å². The first-order valence-corrected chi connectivity index (χ1v) is 7.40. The Morgan fingerprint density at radius 1 is 1.17 bits per heavy atom. The number of carbonyl (C=O) groups excluding carboxylic acids is 1. The van der Waals surface area contributed by atoms with E-state index in [9.17, 15) is 4.79 Å². The van der Waals surface area contributed by atoms with Gasteiger partial charge in [0, 0.05) is 12.0 Å². The third-order valence-electron chi connectivity index (χ3n) is 4.27. The number of rotatable bonds is 2. The summed E-state index contributed by atoms with van der Waals surface area (Å²) in [5.74, 6) is 0.501. The lowest BCUT2D eigenvalue weighted by molar-refractivity contribution is -0.155. The molecule has 2 saturated heterocycles. The second kappa shape index (κ2) is 5.60. The average molecular weight is 253 g/mol. The monoisotopic (exact) mass is 253 g/mol. The van der Waals surface area contributed by atoms with E-state index in [0.717, 1.165) is 0 Å². The number of fused-ring (bicyclic) bond motifs is 1. The highest BCUT2D eigenvalue weighted by Crippen LogP contribution is 2.31. The van der Waals surface area contributed by atoms with Crippen molar-refractivity contribution in [2.75, 3.05) is 19.7 Å². The Morgan fingerprint density at radius 3 is 2.61 bits per heavy atom. The third-order valence-corrected chi connectivity index (χ3v) is 4.27. The van der Waals surface area contributed by atoms with Crippen LogP contribution in [0.25, 0.3) is 0 Å². The fourth-order valence-electron chi connectivity index (χ4n) is 3.17. The van der Waals surface area contributed by atoms with Gasteiger partial charge < -0.3 is 4.74 Å². The number of piperidine rings is 2. The fourth-order valence-corrected chi connectivity index (χ4v) is 3.17. The zero-order valence-corrected chi connectivity index (χ0v) is 12.1. The molecular weight excluding hydrogens is 226 g/mol. The molecule has 3 nitrogen and oxygen atoms in total. The second-order valence-corrected chi connectivity index (χ2v) is 6.85. The van der Waals surface area contributed by atoms with Gasteiger partial charge in [-0.2, -0.15) is 0 Å². The van der Waals surface area contributed by atoms with Crippen LogP contribution in [0.3, 0.4) is 0 Å². The van der Waals surface area contributed by atoms with Crippen LogP contribution in [0, 0.1) is 11.3 Å². The Hall–Kier alpha value is -0.570. The standard InChI is InChI=1S/C15H27NO2/c1-15(2,3)14(17)18-11-12-7-6-10-16-9-5-4-8-13(12)16/h12-13H,4-11H2,1-3H3/t12-,13+/m1/s1. The molecule has 0 aromatic heterocycles. The Balaban J connectivity index is 1.86. The summed E-state index contributed by atoms with van der Waals surface area (Å²) in [5.41, 5.74) is -0.374. The summed E-state index contributed by atoms with van der Waals surface area (Å²) < 4.78 is 5.53. The highest BCUT2D eigenvalue weighted by Gasteiger charge is 2.34. The molecule has 3 heteroatoms. The van der Waals surface area contributed by atoms with Crippen molar-refractivity contribution in [2.45, 2.75) is 58.9 Å². The lowest BCUT2D eigenvalue weighted by atomic mass is 9.84. The first-order chi connectivity index (χ1) is 8.48. The van der Waals surface area contributed by atoms with Gasteiger partial charge in [-0.05, 0) is 59.5 Å². The van der Waals surface area contributed by atoms with Gasteiger partial charge in [0.1, 0.15) is 0 Å². The molecule has 2 fully saturated rings. The molecule has 0 radical (unpaired) electrons. The zero-order chi connectivity index (χ0) is 13.2. The second-order valence-electron chi connectivity index (χ2n) is 6.85. The zero-order valence-electron chi connectivity index (χ0n) is 12.1. The molecule has 2 heterocycles. The maximum Gasteiger partial charge on any atom is 0.311 e. The van der Waals surface area contributed by atoms with E-state index in [0.29, 0.717) is 18.6 Å². The normalized spacial score (nSPS) is 29.7. The van der Waals surface area contributed by atoms with Gasteiger partial charge in [0.15, 0.2) is 0 Å². The van der Waals surface area contributed by atoms with Gasteiger partial charge in [0.2, 0.25) is 0 Å². The molecule has 104 valence electrons. The highest BCUT2D eigenvalue weighted by molar-refractivity contribution is 5.75. The van der Waals surface area contributed by atoms with Gasteiger partial charge >= 0.3 is 5.97 Å². The molecule has 0 unspecified atom stereocenters. The van der Waals surface area contributed by atoms with Crippen molar-refractivity contribution in [1.82, 2.24) is 4.90 Å². The lowest BCUT2D eigenvalue weighted by Crippen LogP contribution is -2.49. The third kappa shape index (κ3) is 3.25. The molecule has 0 aromatic rings. The summed E-state index contributed by atoms with van der Waals surface area (Å²) >= 11 is 0. The minimum absolute atomic E-state index is 0.0598. The van der Waals surface area contributed by atoms with Crippen molar-refractivity contribution in [3.8, 4) is 0 Å². The van der Waals surface area contributed by atoms with E-state index in [2.05, 4.69) is 4.90 Å². The van der Waals surface area contributed by atoms with Crippen LogP contribution in [0.4, 0.5) is 0 Å². The van der Waals surface area contributed by atoms with Gasteiger partial charge in [-0.15, -0.1) is 0 Å². The van der Waals surface area contributed by atoms with Crippen molar-refractivity contribution in [1.29, 1.82) is 0 Å². The number of nitrogens with zero attached hydrogens (tertiary/aromatic N) is 1. The molecule has 2 atom stereocenters. The molecule has 0 N–H and O–H groups in total. The first-order valence-electron chi connectivity index (χ1n) is 7.40. The minimum atomic E-state index is -0.374. The summed E-state index contributed by atoms with van der Waals surface area (Å²) in [5, 5.41) is 0. The van der Waals surface area contributed by atoms with Crippen LogP contribution in [-0.2, 0) is 9.53 Å². The van der Waals surface area contributed by atoms with E-state index >= 15 is 0 Å². The molecule has 2 aliphatic rings. The lowest BCUT2D eigenvalue weighted by Gasteiger charge is -2.44. The summed E-state index contributed by atoms with van der Waals surface area (Å²) in [6, 6.07) is 0.667. The maximum atomic E-state index is 11.8. The van der Waals surface area contributed by atoms with E-state index in [1.165, 1.54) is 45.2 Å². The van der Waals surface area contributed by atoms with Crippen molar-refractivity contribution in [2.24, 2.45) is 11.3 Å². The topological polar surface area (TPSA) is 29.5 Å². The van der Waals surface area contributed by atoms with Crippen LogP contribution in [-0.4, -0.2) is 36.6 Å². The Bertz CT molecular complexity index is 293. The molecule has 0 aliphatic carbocycles. The molecule has 0 saturated carbocycles. The predicted molar refractivity (Wildman–Crippen MR) is 72.4 cm³/mol. The number of ether oxygens (including phenoxy) is 1. The van der Waals surface area contributed by atoms with E-state index < -0.39 is 0 Å². The SMILES string of the molecule is CC(C)(C)C(=O)OC[C@H]1CCCN2CCCC[C@@H]12. The smallest absolute Gasteiger partial charge is 0.311 e. The average Bonchev–Trinajstić information content (AvgIpc) is 2.34. The van der Waals surface area contributed by atoms with Crippen LogP contribution in [0.1, 0.15) is 52.9 Å². The van der Waals surface area contributed by atoms with E-state index in [4.69, 9.17) is 4.74 Å². The van der Waals surface area contributed by atoms with Crippen molar-refractivity contribution in [3.05, 3.63) is 0 Å². The van der Waals surface area contributed by atoms with Crippen LogP contribution < -0.4 is 0 Å². The van der Waals surface area contributed by atoms with Crippen LogP contribution in [0.2, 0.25) is 0 Å². The fraction of sp³-hybridized carbons (Fsp3) is 0.933. The van der Waals surface area contributed by atoms with Gasteiger partial charge in [-0.1, -0.05) is 6.42 Å². The van der Waals surface area contributed by atoms with E-state index in [1.54, 1.807) is 0 Å². The largest absolute Gasteiger partial charge is 0.465 e. The number of carbonyl (C=O) groups is 1. The molecule has 18 heavy (non-hydrogen) atoms. The van der Waals surface area contributed by atoms with Crippen LogP contribution in [0.5, 0.6) is 0 Å². The highest BCUT2D eigenvalue weighted by atomic mass is 16.5. The summed E-state index contributed by atoms with van der Waals surface area (Å²) in [7, 11) is 0. The van der Waals surface area contributed by atoms with Gasteiger partial charge in [-0.25, -0.2) is 0 Å². The Morgan fingerprint density at radius 2 is 1.89 bits per heavy atom. The molecule has 2 rings (SSSR count). The van der Waals surface area contributed by atoms with E-state index in [-0.39, 0.29) is 11.4 Å². The predicted octanol–water partition coefficient (Wildman–Crippen LogP) is 2.84. The molecule has 2 aliphatic heterocycles. The molecule has 0 spiro atoms.